The zero-order valence-electron chi connectivity index (χ0n) is 54.9. The van der Waals surface area contributed by atoms with Crippen molar-refractivity contribution < 1.29 is 169 Å². The first kappa shape index (κ1) is 74.7. The summed E-state index contributed by atoms with van der Waals surface area (Å²) < 4.78 is 178. The van der Waals surface area contributed by atoms with E-state index in [-0.39, 0.29) is 87.5 Å². The van der Waals surface area contributed by atoms with Gasteiger partial charge < -0.3 is 96.6 Å². The summed E-state index contributed by atoms with van der Waals surface area (Å²) in [7, 11) is -9.80. The number of hydrogen-bond acceptors (Lipinski definition) is 26. The Labute approximate surface area is 591 Å². The average Bonchev–Trinajstić information content (AvgIpc) is 0.835. The Morgan fingerprint density at radius 1 is 0.646 bits per heavy atom. The van der Waals surface area contributed by atoms with E-state index in [1.807, 2.05) is 26.0 Å². The molecule has 1 radical (unpaired) electrons. The Morgan fingerprint density at radius 3 is 1.88 bits per heavy atom. The van der Waals surface area contributed by atoms with Crippen LogP contribution in [0.3, 0.4) is 0 Å². The maximum absolute atomic E-state index is 12.0. The number of allylic oxidation sites excluding steroid dienone is 3. The summed E-state index contributed by atoms with van der Waals surface area (Å²) in [4.78, 5) is 0. The fourth-order valence-electron chi connectivity index (χ4n) is 17.6. The molecule has 13 saturated heterocycles. The molecule has 13 rings (SSSR count). The van der Waals surface area contributed by atoms with Crippen LogP contribution < -0.4 is 0 Å². The Kier molecular flexibility index (Phi) is 22.4. The van der Waals surface area contributed by atoms with E-state index in [1.165, 1.54) is 6.92 Å². The van der Waals surface area contributed by atoms with Gasteiger partial charge >= 0.3 is 20.8 Å². The number of rotatable bonds is 17. The average molecular weight is 1560 g/mol. The second-order valence-corrected chi connectivity index (χ2v) is 31.9. The van der Waals surface area contributed by atoms with Crippen LogP contribution in [0.4, 0.5) is 0 Å². The number of aliphatic hydroxyl groups excluding tert-OH is 5. The molecule has 6 unspecified atom stereocenters. The fraction of sp³-hybridized carbons (Fsp3) is 0.862. The van der Waals surface area contributed by atoms with Crippen molar-refractivity contribution in [3.8, 4) is 0 Å². The van der Waals surface area contributed by atoms with Crippen LogP contribution in [-0.2, 0) is 100 Å². The van der Waals surface area contributed by atoms with Gasteiger partial charge in [-0.15, -0.1) is 25.7 Å². The maximum atomic E-state index is 12.0. The maximum Gasteiger partial charge on any atom is 0.397 e. The normalized spacial score (nSPS) is 50.7. The van der Waals surface area contributed by atoms with E-state index in [1.54, 1.807) is 6.08 Å². The van der Waals surface area contributed by atoms with Crippen molar-refractivity contribution in [2.45, 2.75) is 325 Å². The molecule has 13 aliphatic heterocycles. The van der Waals surface area contributed by atoms with Gasteiger partial charge in [0.1, 0.15) is 60.5 Å². The zero-order chi connectivity index (χ0) is 67.6. The molecule has 0 aromatic heterocycles. The minimum absolute atomic E-state index is 0. The first-order valence-corrected chi connectivity index (χ1v) is 36.5. The molecule has 28 nitrogen and oxygen atoms in total. The third kappa shape index (κ3) is 15.0. The molecular formula is C65H97HoO28S2-. The molecule has 7 N–H and O–H groups in total. The monoisotopic (exact) mass is 1550 g/mol. The van der Waals surface area contributed by atoms with Gasteiger partial charge in [0, 0.05) is 95.2 Å². The predicted molar refractivity (Wildman–Crippen MR) is 327 cm³/mol. The van der Waals surface area contributed by atoms with Crippen LogP contribution in [0, 0.1) is 49.6 Å². The molecule has 0 amide bonds. The van der Waals surface area contributed by atoms with Gasteiger partial charge in [0.05, 0.1) is 134 Å². The van der Waals surface area contributed by atoms with Crippen LogP contribution in [0.2, 0.25) is 0 Å². The summed E-state index contributed by atoms with van der Waals surface area (Å²) in [5, 5.41) is 53.9. The van der Waals surface area contributed by atoms with Crippen LogP contribution >= 0.6 is 0 Å². The van der Waals surface area contributed by atoms with Gasteiger partial charge in [-0.3, -0.25) is 9.11 Å². The van der Waals surface area contributed by atoms with E-state index in [0.29, 0.717) is 77.0 Å². The van der Waals surface area contributed by atoms with Crippen molar-refractivity contribution in [3.05, 3.63) is 55.0 Å². The van der Waals surface area contributed by atoms with Crippen molar-refractivity contribution in [2.24, 2.45) is 5.92 Å². The van der Waals surface area contributed by atoms with Crippen molar-refractivity contribution in [1.82, 2.24) is 0 Å². The largest absolute Gasteiger partial charge is 0.397 e. The number of hydrogen-bond donors (Lipinski definition) is 7. The van der Waals surface area contributed by atoms with Crippen LogP contribution in [0.15, 0.2) is 49.1 Å². The summed E-state index contributed by atoms with van der Waals surface area (Å²) in [6.07, 6.45) is -10.5. The molecule has 0 aromatic carbocycles. The quantitative estimate of drug-likeness (QED) is 0.0362. The van der Waals surface area contributed by atoms with Crippen molar-refractivity contribution in [2.75, 3.05) is 19.8 Å². The number of aliphatic hydroxyl groups is 5. The SMILES string of the molecule is C=CCC(=C)/C=C/[C-](C)[C@H]1O[C@@H]2C[C@@H]3O[C@@H]4C[C@@H]5O[C@@H]6C[C@@H]7O[C@@H]8C[C@@H]9O[C@@H]%10C[C@@H]%11O[C@](C)(CCOS(=O)(=O)O)[C@@H](OS(=O)(=O)O)C[C@H]%11O[C@H]%10C[C@H]9O[C@H]8CC[C@@]7(C)O[C@@]6(C)CC[C@H](C)[C@H]5O[C@H]4[C@@H](O[C@@H]4OC(CO[C@@H]5OC(CO)C(O)C5O)C(O)C4O)[C@@]3(C)O[C@H]2CC1=C.[Ho]. The second kappa shape index (κ2) is 28.8. The first-order chi connectivity index (χ1) is 44.8. The third-order valence-electron chi connectivity index (χ3n) is 22.9. The summed E-state index contributed by atoms with van der Waals surface area (Å²) in [6.45, 7) is 22.8. The molecule has 13 fully saturated rings. The molecule has 0 spiro atoms. The van der Waals surface area contributed by atoms with Crippen molar-refractivity contribution >= 4 is 20.8 Å². The van der Waals surface area contributed by atoms with E-state index < -0.39 is 203 Å². The van der Waals surface area contributed by atoms with Gasteiger partial charge in [-0.25, -0.2) is 20.5 Å². The van der Waals surface area contributed by atoms with Crippen LogP contribution in [-0.4, -0.2) is 265 Å². The molecule has 13 aliphatic rings. The topological polar surface area (TPSA) is 367 Å². The summed E-state index contributed by atoms with van der Waals surface area (Å²) in [5.41, 5.74) is -2.49. The van der Waals surface area contributed by atoms with Gasteiger partial charge in [-0.2, -0.15) is 22.8 Å². The summed E-state index contributed by atoms with van der Waals surface area (Å²) in [6, 6.07) is 0. The fourth-order valence-corrected chi connectivity index (χ4v) is 18.5. The predicted octanol–water partition coefficient (Wildman–Crippen LogP) is 2.83. The third-order valence-corrected chi connectivity index (χ3v) is 23.9. The smallest absolute Gasteiger partial charge is 0.394 e. The van der Waals surface area contributed by atoms with E-state index in [4.69, 9.17) is 75.2 Å². The minimum atomic E-state index is -4.98. The van der Waals surface area contributed by atoms with Gasteiger partial charge in [0.15, 0.2) is 12.6 Å². The Bertz CT molecular complexity index is 3060. The van der Waals surface area contributed by atoms with E-state index in [2.05, 4.69) is 44.7 Å². The number of ether oxygens (including phenoxy) is 15. The second-order valence-electron chi connectivity index (χ2n) is 29.7. The Morgan fingerprint density at radius 2 is 1.22 bits per heavy atom. The van der Waals surface area contributed by atoms with Crippen molar-refractivity contribution in [3.63, 3.8) is 0 Å². The minimum Gasteiger partial charge on any atom is -0.394 e. The summed E-state index contributed by atoms with van der Waals surface area (Å²) in [5.74, 6) is 0.878. The molecule has 549 valence electrons. The van der Waals surface area contributed by atoms with E-state index in [0.717, 1.165) is 17.1 Å². The molecule has 96 heavy (non-hydrogen) atoms. The van der Waals surface area contributed by atoms with Gasteiger partial charge in [0.2, 0.25) is 0 Å². The van der Waals surface area contributed by atoms with E-state index >= 15 is 0 Å². The van der Waals surface area contributed by atoms with E-state index in [9.17, 15) is 51.5 Å². The van der Waals surface area contributed by atoms with Crippen LogP contribution in [0.25, 0.3) is 0 Å². The Hall–Kier alpha value is -0.970. The van der Waals surface area contributed by atoms with Gasteiger partial charge in [-0.1, -0.05) is 25.2 Å². The molecule has 0 saturated carbocycles. The molecule has 0 aliphatic carbocycles. The molecular weight excluding hydrogens is 1460 g/mol. The van der Waals surface area contributed by atoms with Gasteiger partial charge in [0.25, 0.3) is 0 Å². The van der Waals surface area contributed by atoms with Crippen molar-refractivity contribution in [1.29, 1.82) is 0 Å². The molecule has 0 aromatic rings. The summed E-state index contributed by atoms with van der Waals surface area (Å²) >= 11 is 0. The number of fused-ring (bicyclic) bond motifs is 10. The standard InChI is InChI=1S/C65H97O28S2.Ho/c1-10-11-30(2)12-13-31(3)56-33(5)20-42-41(85-56)26-51-65(9,91-42)59(89-61-55(70)53(68)47(87-61)29-77-60-54(69)52(67)46(28-66)86-60)58-45(84-51)24-44-57(88-58)32(4)14-16-63(7)49(83-44)27-48-64(8,93-63)17-15-34-35(82-48)21-37-36(79-34)22-38-39(80-37)23-43-40(81-38)25-50(92-95(74,75)76)62(6,90-43)18-19-78-94(71,72)73;/h10,12-13,32,34-61,66-70H,1-2,5,11,14-29H2,3-4,6-9H3,(H,71,72,73)(H,74,75,76);/q-1;/b13-12+;/t32-,34-,35+,36+,37-,38-,39+,40+,41+,42-,43-,44-,45+,46?,47?,48-,49+,50-,51-,52?,53?,54?,55?,56+,57+,58+,59+,60+,61-,62+,63-,64+,65-;/m0./s1. The molecule has 31 heteroatoms. The Balaban J connectivity index is 0.00000881. The molecule has 13 heterocycles. The zero-order valence-corrected chi connectivity index (χ0v) is 58.5. The molecule has 0 bridgehead atoms. The van der Waals surface area contributed by atoms with Gasteiger partial charge in [-0.05, 0) is 72.1 Å². The molecule has 33 atom stereocenters. The van der Waals surface area contributed by atoms with Crippen LogP contribution in [0.5, 0.6) is 0 Å². The first-order valence-electron chi connectivity index (χ1n) is 33.8. The van der Waals surface area contributed by atoms with Crippen LogP contribution in [0.1, 0.15) is 131 Å².